The second kappa shape index (κ2) is 6.17. The first-order valence-electron chi connectivity index (χ1n) is 8.40. The summed E-state index contributed by atoms with van der Waals surface area (Å²) in [6, 6.07) is 6.40. The molecule has 0 unspecified atom stereocenters. The van der Waals surface area contributed by atoms with Gasteiger partial charge in [-0.25, -0.2) is 4.98 Å². The van der Waals surface area contributed by atoms with Crippen molar-refractivity contribution in [2.24, 2.45) is 5.92 Å². The van der Waals surface area contributed by atoms with Crippen molar-refractivity contribution in [2.75, 3.05) is 0 Å². The number of imidazole rings is 1. The average molecular weight is 321 g/mol. The minimum atomic E-state index is -0.0961. The maximum Gasteiger partial charge on any atom is 0.136 e. The quantitative estimate of drug-likeness (QED) is 0.801. The number of fused-ring (bicyclic) bond motifs is 3. The third kappa shape index (κ3) is 2.42. The van der Waals surface area contributed by atoms with E-state index in [2.05, 4.69) is 25.6 Å². The van der Waals surface area contributed by atoms with Gasteiger partial charge in [-0.1, -0.05) is 0 Å². The third-order valence-electron chi connectivity index (χ3n) is 5.05. The van der Waals surface area contributed by atoms with Crippen LogP contribution in [0.2, 0.25) is 0 Å². The first-order valence-corrected chi connectivity index (χ1v) is 8.40. The molecule has 1 aliphatic carbocycles. The number of aliphatic hydroxyl groups is 1. The van der Waals surface area contributed by atoms with Gasteiger partial charge in [-0.3, -0.25) is 9.97 Å². The fraction of sp³-hybridized carbons (Fsp3) is 0.444. The summed E-state index contributed by atoms with van der Waals surface area (Å²) in [6.07, 6.45) is 8.25. The molecule has 4 rings (SSSR count). The van der Waals surface area contributed by atoms with E-state index in [0.717, 1.165) is 47.8 Å². The lowest BCUT2D eigenvalue weighted by Crippen LogP contribution is -2.20. The topological polar surface area (TPSA) is 87.6 Å². The van der Waals surface area contributed by atoms with E-state index in [9.17, 15) is 5.11 Å². The highest BCUT2D eigenvalue weighted by molar-refractivity contribution is 5.99. The van der Waals surface area contributed by atoms with Crippen LogP contribution in [0.25, 0.3) is 22.1 Å². The SMILES string of the molecule is N#CCC1CCC(n2c(CO)nc3cnc4cccnc4c32)CC1. The predicted molar refractivity (Wildman–Crippen MR) is 90.0 cm³/mol. The van der Waals surface area contributed by atoms with Crippen LogP contribution >= 0.6 is 0 Å². The van der Waals surface area contributed by atoms with Gasteiger partial charge in [0.2, 0.25) is 0 Å². The molecule has 0 spiro atoms. The Kier molecular flexibility index (Phi) is 3.87. The molecule has 0 aliphatic heterocycles. The zero-order valence-corrected chi connectivity index (χ0v) is 13.4. The Morgan fingerprint density at radius 1 is 1.21 bits per heavy atom. The predicted octanol–water partition coefficient (Wildman–Crippen LogP) is 3.12. The number of pyridine rings is 2. The number of nitrogens with zero attached hydrogens (tertiary/aromatic N) is 5. The van der Waals surface area contributed by atoms with Crippen molar-refractivity contribution >= 4 is 22.1 Å². The lowest BCUT2D eigenvalue weighted by atomic mass is 9.84. The molecule has 1 N–H and O–H groups in total. The first kappa shape index (κ1) is 15.0. The molecule has 0 amide bonds. The molecule has 0 bridgehead atoms. The summed E-state index contributed by atoms with van der Waals surface area (Å²) in [6.45, 7) is -0.0961. The molecule has 1 fully saturated rings. The van der Waals surface area contributed by atoms with Gasteiger partial charge in [0.05, 0.1) is 23.3 Å². The van der Waals surface area contributed by atoms with Gasteiger partial charge in [0.25, 0.3) is 0 Å². The highest BCUT2D eigenvalue weighted by Gasteiger charge is 2.26. The summed E-state index contributed by atoms with van der Waals surface area (Å²) in [5.41, 5.74) is 3.42. The van der Waals surface area contributed by atoms with Crippen LogP contribution < -0.4 is 0 Å². The zero-order valence-electron chi connectivity index (χ0n) is 13.4. The smallest absolute Gasteiger partial charge is 0.136 e. The number of rotatable bonds is 3. The summed E-state index contributed by atoms with van der Waals surface area (Å²) in [4.78, 5) is 13.5. The molecule has 6 nitrogen and oxygen atoms in total. The average Bonchev–Trinajstić information content (AvgIpc) is 3.02. The van der Waals surface area contributed by atoms with Crippen LogP contribution in [-0.4, -0.2) is 24.6 Å². The maximum absolute atomic E-state index is 9.79. The second-order valence-corrected chi connectivity index (χ2v) is 6.46. The Balaban J connectivity index is 1.82. The molecule has 3 aromatic heterocycles. The standard InChI is InChI=1S/C18H19N5O/c19-8-7-12-3-5-13(6-4-12)23-16(11-24)22-15-10-21-14-2-1-9-20-17(14)18(15)23/h1-2,9-10,12-13,24H,3-7,11H2. The Morgan fingerprint density at radius 2 is 2.04 bits per heavy atom. The summed E-state index contributed by atoms with van der Waals surface area (Å²) in [5.74, 6) is 1.17. The molecule has 1 aliphatic rings. The van der Waals surface area contributed by atoms with E-state index in [1.165, 1.54) is 0 Å². The van der Waals surface area contributed by atoms with Crippen LogP contribution in [0.1, 0.15) is 44.0 Å². The van der Waals surface area contributed by atoms with Crippen LogP contribution in [0.4, 0.5) is 0 Å². The fourth-order valence-corrected chi connectivity index (χ4v) is 3.88. The lowest BCUT2D eigenvalue weighted by molar-refractivity contribution is 0.239. The number of nitriles is 1. The summed E-state index contributed by atoms with van der Waals surface area (Å²) in [5, 5.41) is 18.7. The van der Waals surface area contributed by atoms with Crippen molar-refractivity contribution < 1.29 is 5.11 Å². The minimum Gasteiger partial charge on any atom is -0.388 e. The highest BCUT2D eigenvalue weighted by atomic mass is 16.3. The molecule has 0 saturated heterocycles. The van der Waals surface area contributed by atoms with Crippen molar-refractivity contribution in [3.05, 3.63) is 30.4 Å². The van der Waals surface area contributed by atoms with Gasteiger partial charge < -0.3 is 9.67 Å². The Bertz CT molecular complexity index is 918. The zero-order chi connectivity index (χ0) is 16.5. The third-order valence-corrected chi connectivity index (χ3v) is 5.05. The van der Waals surface area contributed by atoms with Gasteiger partial charge in [-0.15, -0.1) is 0 Å². The molecule has 24 heavy (non-hydrogen) atoms. The van der Waals surface area contributed by atoms with Gasteiger partial charge in [0.1, 0.15) is 23.5 Å². The van der Waals surface area contributed by atoms with Crippen LogP contribution in [-0.2, 0) is 6.61 Å². The Hall–Kier alpha value is -2.52. The summed E-state index contributed by atoms with van der Waals surface area (Å²) in [7, 11) is 0. The number of hydrogen-bond acceptors (Lipinski definition) is 5. The van der Waals surface area contributed by atoms with E-state index < -0.39 is 0 Å². The molecule has 6 heteroatoms. The van der Waals surface area contributed by atoms with Crippen molar-refractivity contribution in [3.8, 4) is 6.07 Å². The van der Waals surface area contributed by atoms with Crippen LogP contribution in [0.15, 0.2) is 24.5 Å². The second-order valence-electron chi connectivity index (χ2n) is 6.46. The normalized spacial score (nSPS) is 21.2. The lowest BCUT2D eigenvalue weighted by Gasteiger charge is -2.29. The molecule has 0 radical (unpaired) electrons. The van der Waals surface area contributed by atoms with Gasteiger partial charge in [0, 0.05) is 18.7 Å². The largest absolute Gasteiger partial charge is 0.388 e. The van der Waals surface area contributed by atoms with Crippen LogP contribution in [0.5, 0.6) is 0 Å². The van der Waals surface area contributed by atoms with E-state index in [4.69, 9.17) is 5.26 Å². The van der Waals surface area contributed by atoms with Crippen LogP contribution in [0, 0.1) is 17.2 Å². The molecular formula is C18H19N5O. The maximum atomic E-state index is 9.79. The van der Waals surface area contributed by atoms with Crippen molar-refractivity contribution in [1.82, 2.24) is 19.5 Å². The first-order chi connectivity index (χ1) is 11.8. The molecule has 0 atom stereocenters. The van der Waals surface area contributed by atoms with Crippen molar-refractivity contribution in [2.45, 2.75) is 44.8 Å². The molecule has 1 saturated carbocycles. The summed E-state index contributed by atoms with van der Waals surface area (Å²) >= 11 is 0. The van der Waals surface area contributed by atoms with Crippen LogP contribution in [0.3, 0.4) is 0 Å². The van der Waals surface area contributed by atoms with E-state index in [-0.39, 0.29) is 6.61 Å². The number of hydrogen-bond donors (Lipinski definition) is 1. The van der Waals surface area contributed by atoms with Gasteiger partial charge in [-0.2, -0.15) is 5.26 Å². The van der Waals surface area contributed by atoms with Gasteiger partial charge >= 0.3 is 0 Å². The fourth-order valence-electron chi connectivity index (χ4n) is 3.88. The number of aromatic nitrogens is 4. The molecule has 0 aromatic carbocycles. The minimum absolute atomic E-state index is 0.0961. The highest BCUT2D eigenvalue weighted by Crippen LogP contribution is 2.37. The Labute approximate surface area is 139 Å². The van der Waals surface area contributed by atoms with Gasteiger partial charge in [0.15, 0.2) is 0 Å². The monoisotopic (exact) mass is 321 g/mol. The van der Waals surface area contributed by atoms with E-state index in [1.54, 1.807) is 12.4 Å². The molecule has 3 heterocycles. The van der Waals surface area contributed by atoms with Crippen molar-refractivity contribution in [1.29, 1.82) is 5.26 Å². The Morgan fingerprint density at radius 3 is 2.79 bits per heavy atom. The van der Waals surface area contributed by atoms with E-state index >= 15 is 0 Å². The number of aliphatic hydroxyl groups excluding tert-OH is 1. The molecule has 122 valence electrons. The summed E-state index contributed by atoms with van der Waals surface area (Å²) < 4.78 is 2.16. The van der Waals surface area contributed by atoms with E-state index in [0.29, 0.717) is 24.2 Å². The van der Waals surface area contributed by atoms with Crippen molar-refractivity contribution in [3.63, 3.8) is 0 Å². The molecular weight excluding hydrogens is 302 g/mol. The molecule has 3 aromatic rings. The van der Waals surface area contributed by atoms with E-state index in [1.807, 2.05) is 12.1 Å². The van der Waals surface area contributed by atoms with Gasteiger partial charge in [-0.05, 0) is 43.7 Å².